The number of nitrogens with zero attached hydrogens (tertiary/aromatic N) is 1. The number of rotatable bonds is 6. The van der Waals surface area contributed by atoms with E-state index < -0.39 is 18.6 Å². The first kappa shape index (κ1) is 20.7. The predicted molar refractivity (Wildman–Crippen MR) is 99.8 cm³/mol. The number of halogens is 4. The molecule has 0 fully saturated rings. The molecule has 0 spiro atoms. The zero-order chi connectivity index (χ0) is 21.0. The van der Waals surface area contributed by atoms with Crippen molar-refractivity contribution in [3.8, 4) is 0 Å². The van der Waals surface area contributed by atoms with Crippen molar-refractivity contribution in [3.63, 3.8) is 0 Å². The van der Waals surface area contributed by atoms with E-state index in [1.54, 1.807) is 43.3 Å². The van der Waals surface area contributed by atoms with Crippen LogP contribution in [0.15, 0.2) is 48.5 Å². The molecule has 2 aromatic carbocycles. The largest absolute Gasteiger partial charge is 0.411 e. The van der Waals surface area contributed by atoms with E-state index in [9.17, 15) is 22.4 Å². The highest BCUT2D eigenvalue weighted by Gasteiger charge is 2.27. The second kappa shape index (κ2) is 8.57. The molecule has 3 rings (SSSR count). The van der Waals surface area contributed by atoms with Gasteiger partial charge in [0.05, 0.1) is 23.4 Å². The Morgan fingerprint density at radius 3 is 2.45 bits per heavy atom. The first-order valence-corrected chi connectivity index (χ1v) is 8.79. The van der Waals surface area contributed by atoms with Crippen LogP contribution >= 0.6 is 0 Å². The summed E-state index contributed by atoms with van der Waals surface area (Å²) in [5.41, 5.74) is 2.74. The quantitative estimate of drug-likeness (QED) is 0.604. The molecule has 29 heavy (non-hydrogen) atoms. The van der Waals surface area contributed by atoms with Gasteiger partial charge >= 0.3 is 6.18 Å². The molecule has 0 unspecified atom stereocenters. The number of aryl methyl sites for hydroxylation is 1. The van der Waals surface area contributed by atoms with Crippen molar-refractivity contribution in [3.05, 3.63) is 76.7 Å². The Labute approximate surface area is 164 Å². The summed E-state index contributed by atoms with van der Waals surface area (Å²) in [6, 6.07) is 12.6. The van der Waals surface area contributed by atoms with E-state index in [1.807, 2.05) is 0 Å². The Bertz CT molecular complexity index is 1020. The predicted octanol–water partition coefficient (Wildman–Crippen LogP) is 4.69. The second-order valence-electron chi connectivity index (χ2n) is 6.57. The van der Waals surface area contributed by atoms with Crippen LogP contribution < -0.4 is 5.32 Å². The summed E-state index contributed by atoms with van der Waals surface area (Å²) in [6.45, 7) is 0.476. The minimum absolute atomic E-state index is 0.144. The van der Waals surface area contributed by atoms with E-state index in [2.05, 4.69) is 15.0 Å². The monoisotopic (exact) mass is 406 g/mol. The molecule has 1 aromatic heterocycles. The number of amides is 1. The highest BCUT2D eigenvalue weighted by Crippen LogP contribution is 2.18. The molecule has 0 atom stereocenters. The van der Waals surface area contributed by atoms with Crippen LogP contribution in [0.5, 0.6) is 0 Å². The molecule has 8 heteroatoms. The summed E-state index contributed by atoms with van der Waals surface area (Å²) in [7, 11) is 0. The lowest BCUT2D eigenvalue weighted by atomic mass is 10.1. The molecule has 0 aliphatic carbocycles. The Hall–Kier alpha value is -3.00. The highest BCUT2D eigenvalue weighted by atomic mass is 19.4. The summed E-state index contributed by atoms with van der Waals surface area (Å²) >= 11 is 0. The molecule has 4 nitrogen and oxygen atoms in total. The third kappa shape index (κ3) is 5.74. The van der Waals surface area contributed by atoms with E-state index in [-0.39, 0.29) is 19.1 Å². The topological polar surface area (TPSA) is 51.2 Å². The Balaban J connectivity index is 1.60. The lowest BCUT2D eigenvalue weighted by Crippen LogP contribution is -2.24. The van der Waals surface area contributed by atoms with E-state index in [1.165, 1.54) is 12.1 Å². The number of ether oxygens (including phenoxy) is 1. The van der Waals surface area contributed by atoms with Gasteiger partial charge in [-0.15, -0.1) is 0 Å². The number of benzene rings is 2. The number of pyridine rings is 1. The van der Waals surface area contributed by atoms with E-state index >= 15 is 0 Å². The maximum absolute atomic E-state index is 13.3. The Morgan fingerprint density at radius 2 is 1.76 bits per heavy atom. The first-order chi connectivity index (χ1) is 13.7. The van der Waals surface area contributed by atoms with Gasteiger partial charge in [0.15, 0.2) is 0 Å². The van der Waals surface area contributed by atoms with E-state index in [0.29, 0.717) is 27.7 Å². The fourth-order valence-electron chi connectivity index (χ4n) is 2.78. The van der Waals surface area contributed by atoms with Gasteiger partial charge in [0, 0.05) is 18.0 Å². The Morgan fingerprint density at radius 1 is 1.07 bits per heavy atom. The van der Waals surface area contributed by atoms with Gasteiger partial charge in [-0.1, -0.05) is 24.3 Å². The van der Waals surface area contributed by atoms with Crippen LogP contribution in [0.25, 0.3) is 10.9 Å². The van der Waals surface area contributed by atoms with Crippen molar-refractivity contribution in [2.45, 2.75) is 26.3 Å². The molecule has 0 aliphatic heterocycles. The molecular weight excluding hydrogens is 388 g/mol. The van der Waals surface area contributed by atoms with Crippen molar-refractivity contribution in [1.82, 2.24) is 10.3 Å². The number of carbonyl (C=O) groups is 1. The van der Waals surface area contributed by atoms with Crippen molar-refractivity contribution in [2.24, 2.45) is 0 Å². The maximum Gasteiger partial charge on any atom is 0.411 e. The van der Waals surface area contributed by atoms with Gasteiger partial charge in [-0.05, 0) is 36.2 Å². The van der Waals surface area contributed by atoms with Crippen LogP contribution in [0.2, 0.25) is 0 Å². The van der Waals surface area contributed by atoms with Crippen LogP contribution in [0.1, 0.15) is 27.2 Å². The highest BCUT2D eigenvalue weighted by molar-refractivity contribution is 5.98. The van der Waals surface area contributed by atoms with E-state index in [0.717, 1.165) is 5.56 Å². The van der Waals surface area contributed by atoms with Gasteiger partial charge in [-0.3, -0.25) is 9.78 Å². The molecule has 0 saturated heterocycles. The lowest BCUT2D eigenvalue weighted by Gasteiger charge is -2.10. The van der Waals surface area contributed by atoms with Crippen molar-refractivity contribution >= 4 is 16.8 Å². The molecule has 3 aromatic rings. The zero-order valence-electron chi connectivity index (χ0n) is 15.5. The Kier molecular flexibility index (Phi) is 6.12. The lowest BCUT2D eigenvalue weighted by molar-refractivity contribution is -0.176. The number of fused-ring (bicyclic) bond motifs is 1. The summed E-state index contributed by atoms with van der Waals surface area (Å²) in [5.74, 6) is -0.715. The van der Waals surface area contributed by atoms with Gasteiger partial charge in [-0.25, -0.2) is 4.39 Å². The SMILES string of the molecule is Cc1nc2cc(F)ccc2cc1C(=O)NCc1ccc(COCC(F)(F)F)cc1. The maximum atomic E-state index is 13.3. The normalized spacial score (nSPS) is 11.6. The minimum Gasteiger partial charge on any atom is -0.367 e. The summed E-state index contributed by atoms with van der Waals surface area (Å²) in [6.07, 6.45) is -4.35. The standard InChI is InChI=1S/C21H18F4N2O2/c1-13-18(8-16-6-7-17(22)9-19(16)27-13)20(28)26-10-14-2-4-15(5-3-14)11-29-12-21(23,24)25/h2-9H,10-12H2,1H3,(H,26,28). The van der Waals surface area contributed by atoms with Gasteiger partial charge in [0.1, 0.15) is 12.4 Å². The van der Waals surface area contributed by atoms with Gasteiger partial charge in [-0.2, -0.15) is 13.2 Å². The van der Waals surface area contributed by atoms with Crippen LogP contribution in [-0.2, 0) is 17.9 Å². The number of aromatic nitrogens is 1. The number of carbonyl (C=O) groups excluding carboxylic acids is 1. The van der Waals surface area contributed by atoms with Crippen molar-refractivity contribution in [2.75, 3.05) is 6.61 Å². The molecule has 1 amide bonds. The van der Waals surface area contributed by atoms with Crippen LogP contribution in [0.4, 0.5) is 17.6 Å². The van der Waals surface area contributed by atoms with Gasteiger partial charge in [0.25, 0.3) is 5.91 Å². The average molecular weight is 406 g/mol. The first-order valence-electron chi connectivity index (χ1n) is 8.79. The fraction of sp³-hybridized carbons (Fsp3) is 0.238. The molecule has 1 heterocycles. The number of nitrogens with one attached hydrogen (secondary N) is 1. The molecule has 0 saturated carbocycles. The zero-order valence-corrected chi connectivity index (χ0v) is 15.5. The molecule has 152 valence electrons. The smallest absolute Gasteiger partial charge is 0.367 e. The molecule has 1 N–H and O–H groups in total. The van der Waals surface area contributed by atoms with E-state index in [4.69, 9.17) is 0 Å². The van der Waals surface area contributed by atoms with Crippen LogP contribution in [-0.4, -0.2) is 23.7 Å². The summed E-state index contributed by atoms with van der Waals surface area (Å²) in [4.78, 5) is 16.8. The van der Waals surface area contributed by atoms with Crippen molar-refractivity contribution < 1.29 is 27.1 Å². The van der Waals surface area contributed by atoms with Crippen molar-refractivity contribution in [1.29, 1.82) is 0 Å². The third-order valence-corrected chi connectivity index (χ3v) is 4.23. The fourth-order valence-corrected chi connectivity index (χ4v) is 2.78. The second-order valence-corrected chi connectivity index (χ2v) is 6.57. The molecule has 0 radical (unpaired) electrons. The average Bonchev–Trinajstić information content (AvgIpc) is 2.65. The summed E-state index contributed by atoms with van der Waals surface area (Å²) in [5, 5.41) is 3.44. The molecular formula is C21H18F4N2O2. The van der Waals surface area contributed by atoms with Crippen LogP contribution in [0.3, 0.4) is 0 Å². The van der Waals surface area contributed by atoms with Gasteiger partial charge in [0.2, 0.25) is 0 Å². The third-order valence-electron chi connectivity index (χ3n) is 4.23. The van der Waals surface area contributed by atoms with Gasteiger partial charge < -0.3 is 10.1 Å². The molecule has 0 aliphatic rings. The summed E-state index contributed by atoms with van der Waals surface area (Å²) < 4.78 is 54.2. The molecule has 0 bridgehead atoms. The van der Waals surface area contributed by atoms with Crippen LogP contribution in [0, 0.1) is 12.7 Å². The number of hydrogen-bond donors (Lipinski definition) is 1. The number of hydrogen-bond acceptors (Lipinski definition) is 3. The minimum atomic E-state index is -4.35. The number of alkyl halides is 3.